The number of nitrogens with one attached hydrogen (secondary N) is 3. The van der Waals surface area contributed by atoms with Crippen LogP contribution in [0.25, 0.3) is 0 Å². The van der Waals surface area contributed by atoms with Crippen molar-refractivity contribution in [3.63, 3.8) is 0 Å². The summed E-state index contributed by atoms with van der Waals surface area (Å²) in [5, 5.41) is 10.1. The van der Waals surface area contributed by atoms with Crippen LogP contribution in [0.1, 0.15) is 50.5 Å². The highest BCUT2D eigenvalue weighted by Crippen LogP contribution is 2.39. The number of halogens is 1. The number of nitrogens with zero attached hydrogens (tertiary/aromatic N) is 4. The number of hydrogen-bond acceptors (Lipinski definition) is 7. The van der Waals surface area contributed by atoms with E-state index in [-0.39, 0.29) is 42.8 Å². The third-order valence-corrected chi connectivity index (χ3v) is 10.6. The van der Waals surface area contributed by atoms with Gasteiger partial charge in [0.05, 0.1) is 13.2 Å². The molecule has 3 heterocycles. The Bertz CT molecular complexity index is 1420. The van der Waals surface area contributed by atoms with E-state index < -0.39 is 11.6 Å². The smallest absolute Gasteiger partial charge is 0.250 e. The zero-order chi connectivity index (χ0) is 33.5. The number of amides is 4. The Morgan fingerprint density at radius 2 is 1.56 bits per heavy atom. The van der Waals surface area contributed by atoms with Crippen molar-refractivity contribution in [1.82, 2.24) is 30.7 Å². The molecule has 2 aromatic rings. The van der Waals surface area contributed by atoms with Crippen molar-refractivity contribution in [1.29, 1.82) is 0 Å². The summed E-state index contributed by atoms with van der Waals surface area (Å²) in [6.45, 7) is 4.52. The number of rotatable bonds is 10. The molecule has 0 radical (unpaired) electrons. The molecule has 48 heavy (non-hydrogen) atoms. The summed E-state index contributed by atoms with van der Waals surface area (Å²) in [6, 6.07) is 16.6. The Kier molecular flexibility index (Phi) is 11.2. The molecule has 2 aromatic carbocycles. The SMILES string of the molecule is O=C(CN1CN(c2ccccc2)C2(CCN(C(=O)[C@@H](Cc3ccc(Cl)cc3)NC(=O)CN3CCNCC3)CC2)C1=O)NC1CCCCC1. The average molecular weight is 678 g/mol. The third kappa shape index (κ3) is 8.13. The fraction of sp³-hybridized carbons (Fsp3) is 0.556. The highest BCUT2D eigenvalue weighted by Gasteiger charge is 2.54. The van der Waals surface area contributed by atoms with Crippen LogP contribution in [0.2, 0.25) is 5.02 Å². The molecule has 3 saturated heterocycles. The molecule has 12 heteroatoms. The summed E-state index contributed by atoms with van der Waals surface area (Å²) in [6.07, 6.45) is 6.60. The second-order valence-corrected chi connectivity index (χ2v) is 14.1. The van der Waals surface area contributed by atoms with E-state index >= 15 is 0 Å². The van der Waals surface area contributed by atoms with Crippen molar-refractivity contribution >= 4 is 40.9 Å². The fourth-order valence-corrected chi connectivity index (χ4v) is 7.83. The van der Waals surface area contributed by atoms with Gasteiger partial charge < -0.3 is 30.7 Å². The van der Waals surface area contributed by atoms with E-state index in [0.717, 1.165) is 63.1 Å². The molecule has 4 fully saturated rings. The molecule has 3 N–H and O–H groups in total. The number of hydrogen-bond donors (Lipinski definition) is 3. The monoisotopic (exact) mass is 677 g/mol. The lowest BCUT2D eigenvalue weighted by Gasteiger charge is -2.44. The highest BCUT2D eigenvalue weighted by atomic mass is 35.5. The summed E-state index contributed by atoms with van der Waals surface area (Å²) in [7, 11) is 0. The number of carbonyl (C=O) groups excluding carboxylic acids is 4. The van der Waals surface area contributed by atoms with Crippen LogP contribution < -0.4 is 20.9 Å². The van der Waals surface area contributed by atoms with Crippen LogP contribution in [0.4, 0.5) is 5.69 Å². The standard InChI is InChI=1S/C36H48ClN7O4/c37-28-13-11-27(12-14-28)23-31(40-32(45)24-41-21-17-38-18-22-41)34(47)42-19-15-36(16-20-42)35(48)43(26-44(36)30-9-5-2-6-10-30)25-33(46)39-29-7-3-1-4-8-29/h2,5-6,9-14,29,31,38H,1,3-4,7-8,15-26H2,(H,39,46)(H,40,45)/t31-/m1/s1. The first-order valence-electron chi connectivity index (χ1n) is 17.5. The quantitative estimate of drug-likeness (QED) is 0.354. The van der Waals surface area contributed by atoms with Gasteiger partial charge in [0.1, 0.15) is 18.1 Å². The molecule has 0 unspecified atom stereocenters. The van der Waals surface area contributed by atoms with E-state index in [1.165, 1.54) is 6.42 Å². The highest BCUT2D eigenvalue weighted by molar-refractivity contribution is 6.30. The van der Waals surface area contributed by atoms with Crippen LogP contribution in [0, 0.1) is 0 Å². The van der Waals surface area contributed by atoms with Crippen molar-refractivity contribution in [2.45, 2.75) is 69.0 Å². The number of piperazine rings is 1. The van der Waals surface area contributed by atoms with Gasteiger partial charge in [0.15, 0.2) is 0 Å². The van der Waals surface area contributed by atoms with Crippen LogP contribution in [-0.4, -0.2) is 115 Å². The van der Waals surface area contributed by atoms with Gasteiger partial charge in [0.2, 0.25) is 17.7 Å². The zero-order valence-corrected chi connectivity index (χ0v) is 28.4. The molecule has 1 atom stereocenters. The van der Waals surface area contributed by atoms with Gasteiger partial charge in [0, 0.05) is 62.4 Å². The van der Waals surface area contributed by atoms with Gasteiger partial charge in [-0.1, -0.05) is 61.2 Å². The van der Waals surface area contributed by atoms with Crippen LogP contribution in [0.5, 0.6) is 0 Å². The van der Waals surface area contributed by atoms with Gasteiger partial charge in [-0.05, 0) is 55.5 Å². The van der Waals surface area contributed by atoms with Crippen molar-refractivity contribution in [3.05, 3.63) is 65.2 Å². The summed E-state index contributed by atoms with van der Waals surface area (Å²) >= 11 is 6.12. The first kappa shape index (κ1) is 34.2. The summed E-state index contributed by atoms with van der Waals surface area (Å²) in [5.74, 6) is -0.524. The number of anilines is 1. The van der Waals surface area contributed by atoms with Crippen LogP contribution in [0.3, 0.4) is 0 Å². The summed E-state index contributed by atoms with van der Waals surface area (Å²) in [5.41, 5.74) is 0.958. The normalized spacial score (nSPS) is 20.9. The Morgan fingerprint density at radius 1 is 0.875 bits per heavy atom. The van der Waals surface area contributed by atoms with Crippen molar-refractivity contribution in [2.75, 3.05) is 63.9 Å². The van der Waals surface area contributed by atoms with E-state index in [9.17, 15) is 19.2 Å². The first-order chi connectivity index (χ1) is 23.3. The average Bonchev–Trinajstić information content (AvgIpc) is 3.36. The van der Waals surface area contributed by atoms with E-state index in [2.05, 4.69) is 25.8 Å². The van der Waals surface area contributed by atoms with Crippen LogP contribution >= 0.6 is 11.6 Å². The Hall–Kier alpha value is -3.67. The van der Waals surface area contributed by atoms with Gasteiger partial charge in [-0.2, -0.15) is 0 Å². The van der Waals surface area contributed by atoms with Gasteiger partial charge in [-0.15, -0.1) is 0 Å². The molecule has 0 bridgehead atoms. The van der Waals surface area contributed by atoms with E-state index in [1.54, 1.807) is 21.9 Å². The largest absolute Gasteiger partial charge is 0.352 e. The molecule has 3 aliphatic heterocycles. The number of carbonyl (C=O) groups is 4. The van der Waals surface area contributed by atoms with Crippen LogP contribution in [-0.2, 0) is 25.6 Å². The predicted molar refractivity (Wildman–Crippen MR) is 185 cm³/mol. The molecule has 1 aliphatic carbocycles. The second-order valence-electron chi connectivity index (χ2n) is 13.6. The Morgan fingerprint density at radius 3 is 2.25 bits per heavy atom. The summed E-state index contributed by atoms with van der Waals surface area (Å²) < 4.78 is 0. The predicted octanol–water partition coefficient (Wildman–Crippen LogP) is 2.39. The maximum atomic E-state index is 14.2. The summed E-state index contributed by atoms with van der Waals surface area (Å²) in [4.78, 5) is 62.3. The molecule has 1 saturated carbocycles. The van der Waals surface area contributed by atoms with Gasteiger partial charge in [-0.3, -0.25) is 24.1 Å². The van der Waals surface area contributed by atoms with Crippen molar-refractivity contribution < 1.29 is 19.2 Å². The minimum Gasteiger partial charge on any atom is -0.352 e. The molecule has 258 valence electrons. The first-order valence-corrected chi connectivity index (χ1v) is 17.9. The molecule has 6 rings (SSSR count). The van der Waals surface area contributed by atoms with Gasteiger partial charge >= 0.3 is 0 Å². The Balaban J connectivity index is 1.15. The van der Waals surface area contributed by atoms with Gasteiger partial charge in [0.25, 0.3) is 5.91 Å². The molecular formula is C36H48ClN7O4. The van der Waals surface area contributed by atoms with Crippen LogP contribution in [0.15, 0.2) is 54.6 Å². The number of para-hydroxylation sites is 1. The molecule has 4 amide bonds. The lowest BCUT2D eigenvalue weighted by Crippen LogP contribution is -2.60. The van der Waals surface area contributed by atoms with Gasteiger partial charge in [-0.25, -0.2) is 0 Å². The number of benzene rings is 2. The second kappa shape index (κ2) is 15.7. The lowest BCUT2D eigenvalue weighted by molar-refractivity contribution is -0.141. The number of likely N-dealkylation sites (tertiary alicyclic amines) is 1. The van der Waals surface area contributed by atoms with E-state index in [0.29, 0.717) is 44.0 Å². The minimum atomic E-state index is -0.861. The third-order valence-electron chi connectivity index (χ3n) is 10.4. The van der Waals surface area contributed by atoms with Crippen molar-refractivity contribution in [2.24, 2.45) is 0 Å². The maximum absolute atomic E-state index is 14.2. The Labute approximate surface area is 288 Å². The minimum absolute atomic E-state index is 0.0192. The fourth-order valence-electron chi connectivity index (χ4n) is 7.70. The molecule has 0 aromatic heterocycles. The maximum Gasteiger partial charge on any atom is 0.250 e. The topological polar surface area (TPSA) is 117 Å². The molecule has 11 nitrogen and oxygen atoms in total. The lowest BCUT2D eigenvalue weighted by atomic mass is 9.85. The van der Waals surface area contributed by atoms with Crippen molar-refractivity contribution in [3.8, 4) is 0 Å². The van der Waals surface area contributed by atoms with E-state index in [1.807, 2.05) is 42.5 Å². The molecule has 4 aliphatic rings. The molecule has 1 spiro atoms. The zero-order valence-electron chi connectivity index (χ0n) is 27.7. The van der Waals surface area contributed by atoms with E-state index in [4.69, 9.17) is 11.6 Å². The molecular weight excluding hydrogens is 630 g/mol. The number of piperidine rings is 1.